The zero-order valence-corrected chi connectivity index (χ0v) is 16.5. The monoisotopic (exact) mass is 416 g/mol. The largest absolute Gasteiger partial charge is 0.475 e. The first kappa shape index (κ1) is 18.0. The first-order chi connectivity index (χ1) is 13.0. The van der Waals surface area contributed by atoms with Gasteiger partial charge in [-0.05, 0) is 36.8 Å². The standard InChI is InChI=1S/C19H13ClN2O3S2/c1-10-21-17(26-8-13-6-7-15(25-13)19(23)24)16-14(9-27-18(16)22-10)11-2-4-12(20)5-3-11/h2-7,9H,8H2,1H3,(H,23,24). The molecule has 3 heterocycles. The first-order valence-electron chi connectivity index (χ1n) is 7.98. The number of halogens is 1. The average molecular weight is 417 g/mol. The third kappa shape index (κ3) is 3.71. The molecule has 0 atom stereocenters. The van der Waals surface area contributed by atoms with Crippen LogP contribution < -0.4 is 0 Å². The molecule has 1 aromatic carbocycles. The van der Waals surface area contributed by atoms with Gasteiger partial charge in [0.15, 0.2) is 0 Å². The van der Waals surface area contributed by atoms with Crippen molar-refractivity contribution in [3.05, 3.63) is 64.1 Å². The van der Waals surface area contributed by atoms with Gasteiger partial charge in [-0.3, -0.25) is 0 Å². The number of aromatic carboxylic acids is 1. The van der Waals surface area contributed by atoms with Gasteiger partial charge < -0.3 is 9.52 Å². The van der Waals surface area contributed by atoms with E-state index in [4.69, 9.17) is 21.1 Å². The number of carboxylic acid groups (broad SMARTS) is 1. The molecule has 5 nitrogen and oxygen atoms in total. The molecule has 4 aromatic rings. The molecule has 136 valence electrons. The highest BCUT2D eigenvalue weighted by molar-refractivity contribution is 7.98. The maximum Gasteiger partial charge on any atom is 0.371 e. The lowest BCUT2D eigenvalue weighted by atomic mass is 10.1. The summed E-state index contributed by atoms with van der Waals surface area (Å²) in [6, 6.07) is 10.8. The summed E-state index contributed by atoms with van der Waals surface area (Å²) in [5, 5.41) is 13.6. The number of thioether (sulfide) groups is 1. The van der Waals surface area contributed by atoms with Crippen molar-refractivity contribution >= 4 is 50.9 Å². The third-order valence-electron chi connectivity index (χ3n) is 3.89. The molecular weight excluding hydrogens is 404 g/mol. The molecule has 0 unspecified atom stereocenters. The maximum atomic E-state index is 11.0. The van der Waals surface area contributed by atoms with E-state index in [1.807, 2.05) is 31.2 Å². The maximum absolute atomic E-state index is 11.0. The number of nitrogens with zero attached hydrogens (tertiary/aromatic N) is 2. The van der Waals surface area contributed by atoms with Gasteiger partial charge >= 0.3 is 5.97 Å². The molecule has 4 rings (SSSR count). The van der Waals surface area contributed by atoms with Gasteiger partial charge in [-0.15, -0.1) is 11.3 Å². The molecule has 8 heteroatoms. The summed E-state index contributed by atoms with van der Waals surface area (Å²) in [5.41, 5.74) is 2.10. The lowest BCUT2D eigenvalue weighted by Crippen LogP contribution is -1.93. The van der Waals surface area contributed by atoms with Crippen LogP contribution in [0.5, 0.6) is 0 Å². The molecule has 1 N–H and O–H groups in total. The van der Waals surface area contributed by atoms with E-state index in [1.54, 1.807) is 17.4 Å². The summed E-state index contributed by atoms with van der Waals surface area (Å²) in [5.74, 6) is 0.626. The van der Waals surface area contributed by atoms with E-state index in [1.165, 1.54) is 17.8 Å². The van der Waals surface area contributed by atoms with Crippen molar-refractivity contribution in [3.8, 4) is 11.1 Å². The van der Waals surface area contributed by atoms with E-state index >= 15 is 0 Å². The number of aromatic nitrogens is 2. The molecule has 0 radical (unpaired) electrons. The summed E-state index contributed by atoms with van der Waals surface area (Å²) in [6.07, 6.45) is 0. The van der Waals surface area contributed by atoms with Crippen LogP contribution in [0.1, 0.15) is 22.1 Å². The van der Waals surface area contributed by atoms with Gasteiger partial charge in [-0.25, -0.2) is 14.8 Å². The Morgan fingerprint density at radius 2 is 2.00 bits per heavy atom. The fourth-order valence-electron chi connectivity index (χ4n) is 2.67. The molecule has 0 fully saturated rings. The van der Waals surface area contributed by atoms with E-state index in [-0.39, 0.29) is 5.76 Å². The SMILES string of the molecule is Cc1nc(SCc2ccc(C(=O)O)o2)c2c(-c3ccc(Cl)cc3)csc2n1. The van der Waals surface area contributed by atoms with E-state index in [9.17, 15) is 4.79 Å². The molecule has 0 bridgehead atoms. The van der Waals surface area contributed by atoms with E-state index in [0.29, 0.717) is 22.4 Å². The quantitative estimate of drug-likeness (QED) is 0.322. The predicted molar refractivity (Wildman–Crippen MR) is 108 cm³/mol. The molecule has 0 aliphatic carbocycles. The molecule has 0 aliphatic heterocycles. The minimum atomic E-state index is -1.07. The van der Waals surface area contributed by atoms with Crippen molar-refractivity contribution in [2.45, 2.75) is 17.7 Å². The van der Waals surface area contributed by atoms with Crippen LogP contribution in [-0.4, -0.2) is 21.0 Å². The van der Waals surface area contributed by atoms with Crippen molar-refractivity contribution in [2.75, 3.05) is 0 Å². The van der Waals surface area contributed by atoms with Gasteiger partial charge in [0.25, 0.3) is 0 Å². The van der Waals surface area contributed by atoms with Gasteiger partial charge in [-0.2, -0.15) is 0 Å². The number of hydrogen-bond acceptors (Lipinski definition) is 6. The van der Waals surface area contributed by atoms with Crippen LogP contribution >= 0.6 is 34.7 Å². The van der Waals surface area contributed by atoms with Gasteiger partial charge in [0.2, 0.25) is 5.76 Å². The molecule has 0 amide bonds. The summed E-state index contributed by atoms with van der Waals surface area (Å²) in [7, 11) is 0. The Morgan fingerprint density at radius 3 is 2.70 bits per heavy atom. The zero-order chi connectivity index (χ0) is 19.0. The number of carbonyl (C=O) groups is 1. The van der Waals surface area contributed by atoms with Crippen LogP contribution in [0.4, 0.5) is 0 Å². The number of furan rings is 1. The lowest BCUT2D eigenvalue weighted by molar-refractivity contribution is 0.0661. The number of aryl methyl sites for hydroxylation is 1. The number of hydrogen-bond donors (Lipinski definition) is 1. The molecule has 0 spiro atoms. The minimum Gasteiger partial charge on any atom is -0.475 e. The molecule has 0 saturated heterocycles. The van der Waals surface area contributed by atoms with Gasteiger partial charge in [0.05, 0.1) is 11.1 Å². The van der Waals surface area contributed by atoms with Crippen LogP contribution in [0.15, 0.2) is 51.2 Å². The second kappa shape index (κ2) is 7.34. The predicted octanol–water partition coefficient (Wildman–Crippen LogP) is 5.90. The topological polar surface area (TPSA) is 76.2 Å². The molecular formula is C19H13ClN2O3S2. The molecule has 3 aromatic heterocycles. The molecule has 27 heavy (non-hydrogen) atoms. The molecule has 0 aliphatic rings. The first-order valence-corrected chi connectivity index (χ1v) is 10.2. The van der Waals surface area contributed by atoms with E-state index in [0.717, 1.165) is 26.4 Å². The Balaban J connectivity index is 1.71. The Kier molecular flexibility index (Phi) is 4.90. The van der Waals surface area contributed by atoms with Crippen molar-refractivity contribution < 1.29 is 14.3 Å². The second-order valence-corrected chi connectivity index (χ2v) is 8.03. The Bertz CT molecular complexity index is 1140. The third-order valence-corrected chi connectivity index (χ3v) is 6.01. The number of carboxylic acids is 1. The Hall–Kier alpha value is -2.35. The number of rotatable bonds is 5. The Morgan fingerprint density at radius 1 is 1.22 bits per heavy atom. The Labute approximate surface area is 168 Å². The number of benzene rings is 1. The number of fused-ring (bicyclic) bond motifs is 1. The van der Waals surface area contributed by atoms with Crippen LogP contribution in [0.3, 0.4) is 0 Å². The van der Waals surface area contributed by atoms with Crippen molar-refractivity contribution in [1.82, 2.24) is 9.97 Å². The summed E-state index contributed by atoms with van der Waals surface area (Å²) in [4.78, 5) is 21.0. The van der Waals surface area contributed by atoms with E-state index in [2.05, 4.69) is 15.3 Å². The zero-order valence-electron chi connectivity index (χ0n) is 14.1. The van der Waals surface area contributed by atoms with Crippen molar-refractivity contribution in [2.24, 2.45) is 0 Å². The van der Waals surface area contributed by atoms with Crippen LogP contribution in [-0.2, 0) is 5.75 Å². The fraction of sp³-hybridized carbons (Fsp3) is 0.105. The normalized spacial score (nSPS) is 11.2. The van der Waals surface area contributed by atoms with Gasteiger partial charge in [-0.1, -0.05) is 35.5 Å². The highest BCUT2D eigenvalue weighted by Crippen LogP contribution is 2.39. The highest BCUT2D eigenvalue weighted by atomic mass is 35.5. The summed E-state index contributed by atoms with van der Waals surface area (Å²) in [6.45, 7) is 1.86. The van der Waals surface area contributed by atoms with Crippen LogP contribution in [0.2, 0.25) is 5.02 Å². The van der Waals surface area contributed by atoms with Gasteiger partial charge in [0.1, 0.15) is 21.4 Å². The average Bonchev–Trinajstić information content (AvgIpc) is 3.27. The summed E-state index contributed by atoms with van der Waals surface area (Å²) >= 11 is 9.08. The van der Waals surface area contributed by atoms with Crippen molar-refractivity contribution in [3.63, 3.8) is 0 Å². The van der Waals surface area contributed by atoms with Gasteiger partial charge in [0, 0.05) is 16.0 Å². The van der Waals surface area contributed by atoms with Crippen LogP contribution in [0, 0.1) is 6.92 Å². The molecule has 0 saturated carbocycles. The van der Waals surface area contributed by atoms with Crippen molar-refractivity contribution in [1.29, 1.82) is 0 Å². The van der Waals surface area contributed by atoms with E-state index < -0.39 is 5.97 Å². The smallest absolute Gasteiger partial charge is 0.371 e. The lowest BCUT2D eigenvalue weighted by Gasteiger charge is -2.06. The minimum absolute atomic E-state index is 0.0630. The van der Waals surface area contributed by atoms with Crippen LogP contribution in [0.25, 0.3) is 21.3 Å². The summed E-state index contributed by atoms with van der Waals surface area (Å²) < 4.78 is 5.34. The second-order valence-electron chi connectivity index (χ2n) is 5.77. The highest BCUT2D eigenvalue weighted by Gasteiger charge is 2.16. The number of thiophene rings is 1. The fourth-order valence-corrected chi connectivity index (χ4v) is 4.83.